The summed E-state index contributed by atoms with van der Waals surface area (Å²) in [5.74, 6) is -0.225. The number of aryl methyl sites for hydroxylation is 2. The minimum atomic E-state index is -0.987. The molecule has 134 valence electrons. The maximum Gasteiger partial charge on any atom is 0.337 e. The fourth-order valence-corrected chi connectivity index (χ4v) is 3.12. The summed E-state index contributed by atoms with van der Waals surface area (Å²) < 4.78 is 7.71. The highest BCUT2D eigenvalue weighted by atomic mass is 16.4. The van der Waals surface area contributed by atoms with Gasteiger partial charge in [-0.25, -0.2) is 4.79 Å². The summed E-state index contributed by atoms with van der Waals surface area (Å²) in [5, 5.41) is 17.8. The number of hydrogen-bond acceptors (Lipinski definition) is 4. The summed E-state index contributed by atoms with van der Waals surface area (Å²) in [4.78, 5) is 11.7. The first kappa shape index (κ1) is 16.8. The number of carbonyl (C=O) groups is 1. The smallest absolute Gasteiger partial charge is 0.337 e. The van der Waals surface area contributed by atoms with Crippen molar-refractivity contribution in [2.45, 2.75) is 13.8 Å². The Balaban J connectivity index is 1.83. The molecule has 27 heavy (non-hydrogen) atoms. The van der Waals surface area contributed by atoms with E-state index in [1.165, 1.54) is 0 Å². The largest absolute Gasteiger partial charge is 0.478 e. The molecule has 0 unspecified atom stereocenters. The van der Waals surface area contributed by atoms with Gasteiger partial charge in [-0.3, -0.25) is 0 Å². The zero-order valence-corrected chi connectivity index (χ0v) is 14.9. The first-order valence-electron chi connectivity index (χ1n) is 8.46. The predicted molar refractivity (Wildman–Crippen MR) is 101 cm³/mol. The van der Waals surface area contributed by atoms with Gasteiger partial charge in [0.1, 0.15) is 0 Å². The van der Waals surface area contributed by atoms with Gasteiger partial charge in [0.05, 0.1) is 11.3 Å². The van der Waals surface area contributed by atoms with Crippen LogP contribution >= 0.6 is 0 Å². The molecule has 1 N–H and O–H groups in total. The maximum atomic E-state index is 11.7. The Morgan fingerprint density at radius 3 is 2.15 bits per heavy atom. The van der Waals surface area contributed by atoms with Crippen molar-refractivity contribution in [3.8, 4) is 28.6 Å². The Labute approximate surface area is 155 Å². The monoisotopic (exact) mass is 359 g/mol. The van der Waals surface area contributed by atoms with E-state index in [9.17, 15) is 9.90 Å². The second-order valence-corrected chi connectivity index (χ2v) is 6.27. The normalized spacial score (nSPS) is 10.9. The van der Waals surface area contributed by atoms with Crippen LogP contribution in [0, 0.1) is 13.8 Å². The maximum absolute atomic E-state index is 11.7. The molecule has 4 rings (SSSR count). The van der Waals surface area contributed by atoms with Crippen LogP contribution in [-0.4, -0.2) is 25.8 Å². The number of hydrogen-bond donors (Lipinski definition) is 1. The molecule has 2 heterocycles. The Morgan fingerprint density at radius 1 is 0.889 bits per heavy atom. The molecular weight excluding hydrogens is 342 g/mol. The molecule has 6 nitrogen and oxygen atoms in total. The first-order valence-corrected chi connectivity index (χ1v) is 8.46. The lowest BCUT2D eigenvalue weighted by atomic mass is 10.1. The lowest BCUT2D eigenvalue weighted by Gasteiger charge is -2.13. The van der Waals surface area contributed by atoms with Crippen molar-refractivity contribution < 1.29 is 14.3 Å². The minimum Gasteiger partial charge on any atom is -0.478 e. The zero-order chi connectivity index (χ0) is 19.0. The van der Waals surface area contributed by atoms with Gasteiger partial charge >= 0.3 is 5.97 Å². The van der Waals surface area contributed by atoms with Gasteiger partial charge in [0.15, 0.2) is 0 Å². The molecule has 0 radical (unpaired) electrons. The number of aromatic carboxylic acids is 1. The van der Waals surface area contributed by atoms with E-state index < -0.39 is 5.97 Å². The van der Waals surface area contributed by atoms with Gasteiger partial charge in [-0.2, -0.15) is 0 Å². The van der Waals surface area contributed by atoms with E-state index in [0.717, 1.165) is 17.0 Å². The summed E-state index contributed by atoms with van der Waals surface area (Å²) in [6.07, 6.45) is 0. The van der Waals surface area contributed by atoms with Crippen LogP contribution in [0.25, 0.3) is 28.6 Å². The summed E-state index contributed by atoms with van der Waals surface area (Å²) in [7, 11) is 0. The molecule has 0 saturated heterocycles. The van der Waals surface area contributed by atoms with E-state index in [1.807, 2.05) is 60.9 Å². The minimum absolute atomic E-state index is 0.212. The van der Waals surface area contributed by atoms with Gasteiger partial charge in [0, 0.05) is 22.5 Å². The van der Waals surface area contributed by atoms with E-state index in [-0.39, 0.29) is 5.56 Å². The molecule has 0 aliphatic rings. The van der Waals surface area contributed by atoms with E-state index >= 15 is 0 Å². The van der Waals surface area contributed by atoms with Crippen LogP contribution in [0.2, 0.25) is 0 Å². The topological polar surface area (TPSA) is 81.2 Å². The highest BCUT2D eigenvalue weighted by Crippen LogP contribution is 2.28. The molecule has 6 heteroatoms. The molecule has 0 bridgehead atoms. The standard InChI is InChI=1S/C21H17N3O3/c1-13-8-9-14(2)24(13)18-12-16(10-11-17(18)21(25)26)20-23-22-19(27-20)15-6-4-3-5-7-15/h3-12H,1-2H3,(H,25,26). The summed E-state index contributed by atoms with van der Waals surface area (Å²) >= 11 is 0. The lowest BCUT2D eigenvalue weighted by Crippen LogP contribution is -2.08. The lowest BCUT2D eigenvalue weighted by molar-refractivity contribution is 0.0697. The van der Waals surface area contributed by atoms with Crippen molar-refractivity contribution in [3.63, 3.8) is 0 Å². The summed E-state index contributed by atoms with van der Waals surface area (Å²) in [5.41, 5.74) is 4.17. The van der Waals surface area contributed by atoms with Gasteiger partial charge in [-0.05, 0) is 56.3 Å². The molecule has 0 aliphatic heterocycles. The third-order valence-electron chi connectivity index (χ3n) is 4.43. The molecular formula is C21H17N3O3. The number of benzene rings is 2. The number of rotatable bonds is 4. The van der Waals surface area contributed by atoms with E-state index in [4.69, 9.17) is 4.42 Å². The fraction of sp³-hybridized carbons (Fsp3) is 0.0952. The highest BCUT2D eigenvalue weighted by Gasteiger charge is 2.18. The van der Waals surface area contributed by atoms with Gasteiger partial charge in [-0.15, -0.1) is 10.2 Å². The fourth-order valence-electron chi connectivity index (χ4n) is 3.12. The van der Waals surface area contributed by atoms with Gasteiger partial charge in [-0.1, -0.05) is 18.2 Å². The third-order valence-corrected chi connectivity index (χ3v) is 4.43. The highest BCUT2D eigenvalue weighted by molar-refractivity contribution is 5.93. The molecule has 0 fully saturated rings. The van der Waals surface area contributed by atoms with Crippen molar-refractivity contribution in [2.75, 3.05) is 0 Å². The van der Waals surface area contributed by atoms with Crippen LogP contribution in [0.5, 0.6) is 0 Å². The number of carboxylic acid groups (broad SMARTS) is 1. The van der Waals surface area contributed by atoms with Crippen LogP contribution in [-0.2, 0) is 0 Å². The zero-order valence-electron chi connectivity index (χ0n) is 14.9. The first-order chi connectivity index (χ1) is 13.0. The average Bonchev–Trinajstić information content (AvgIpc) is 3.29. The van der Waals surface area contributed by atoms with Crippen molar-refractivity contribution in [3.05, 3.63) is 77.6 Å². The van der Waals surface area contributed by atoms with E-state index in [2.05, 4.69) is 10.2 Å². The number of aromatic nitrogens is 3. The van der Waals surface area contributed by atoms with E-state index in [0.29, 0.717) is 23.0 Å². The SMILES string of the molecule is Cc1ccc(C)n1-c1cc(-c2nnc(-c3ccccc3)o2)ccc1C(=O)O. The molecule has 4 aromatic rings. The predicted octanol–water partition coefficient (Wildman–Crippen LogP) is 4.51. The van der Waals surface area contributed by atoms with Crippen LogP contribution in [0.15, 0.2) is 65.1 Å². The summed E-state index contributed by atoms with van der Waals surface area (Å²) in [6.45, 7) is 3.87. The Bertz CT molecular complexity index is 1110. The summed E-state index contributed by atoms with van der Waals surface area (Å²) in [6, 6.07) is 18.4. The molecule has 0 amide bonds. The van der Waals surface area contributed by atoms with Crippen LogP contribution < -0.4 is 0 Å². The molecule has 2 aromatic carbocycles. The molecule has 2 aromatic heterocycles. The van der Waals surface area contributed by atoms with Crippen molar-refractivity contribution >= 4 is 5.97 Å². The Kier molecular flexibility index (Phi) is 4.08. The number of nitrogens with zero attached hydrogens (tertiary/aromatic N) is 3. The Hall–Kier alpha value is -3.67. The van der Waals surface area contributed by atoms with Crippen molar-refractivity contribution in [1.29, 1.82) is 0 Å². The van der Waals surface area contributed by atoms with Crippen molar-refractivity contribution in [1.82, 2.24) is 14.8 Å². The van der Waals surface area contributed by atoms with Crippen molar-refractivity contribution in [2.24, 2.45) is 0 Å². The van der Waals surface area contributed by atoms with Crippen LogP contribution in [0.1, 0.15) is 21.7 Å². The average molecular weight is 359 g/mol. The second kappa shape index (κ2) is 6.57. The van der Waals surface area contributed by atoms with Crippen LogP contribution in [0.4, 0.5) is 0 Å². The van der Waals surface area contributed by atoms with Gasteiger partial charge in [0.25, 0.3) is 0 Å². The Morgan fingerprint density at radius 2 is 1.52 bits per heavy atom. The number of carboxylic acids is 1. The molecule has 0 aliphatic carbocycles. The molecule has 0 saturated carbocycles. The molecule has 0 spiro atoms. The third kappa shape index (κ3) is 3.01. The molecule has 0 atom stereocenters. The quantitative estimate of drug-likeness (QED) is 0.580. The van der Waals surface area contributed by atoms with Gasteiger partial charge < -0.3 is 14.1 Å². The van der Waals surface area contributed by atoms with E-state index in [1.54, 1.807) is 18.2 Å². The van der Waals surface area contributed by atoms with Gasteiger partial charge in [0.2, 0.25) is 11.8 Å². The second-order valence-electron chi connectivity index (χ2n) is 6.27. The van der Waals surface area contributed by atoms with Crippen LogP contribution in [0.3, 0.4) is 0 Å².